The molecule has 0 saturated heterocycles. The zero-order valence-electron chi connectivity index (χ0n) is 10.5. The number of carbonyl (C=O) groups is 2. The Morgan fingerprint density at radius 1 is 1.45 bits per heavy atom. The normalized spacial score (nSPS) is 10.3. The summed E-state index contributed by atoms with van der Waals surface area (Å²) in [6, 6.07) is 6.61. The lowest BCUT2D eigenvalue weighted by molar-refractivity contribution is -0.121. The van der Waals surface area contributed by atoms with Crippen LogP contribution in [-0.4, -0.2) is 39.0 Å². The van der Waals surface area contributed by atoms with Gasteiger partial charge in [-0.1, -0.05) is 28.9 Å². The van der Waals surface area contributed by atoms with Gasteiger partial charge in [-0.15, -0.1) is 5.10 Å². The zero-order chi connectivity index (χ0) is 14.7. The molecule has 1 aromatic carbocycles. The first-order chi connectivity index (χ1) is 9.52. The average Bonchev–Trinajstić information content (AvgIpc) is 2.82. The summed E-state index contributed by atoms with van der Waals surface area (Å²) in [6.07, 6.45) is 0. The van der Waals surface area contributed by atoms with Gasteiger partial charge in [0.1, 0.15) is 12.2 Å². The molecule has 0 spiro atoms. The fourth-order valence-corrected chi connectivity index (χ4v) is 1.89. The minimum Gasteiger partial charge on any atom is -0.476 e. The highest BCUT2D eigenvalue weighted by molar-refractivity contribution is 6.30. The summed E-state index contributed by atoms with van der Waals surface area (Å²) in [5, 5.41) is 19.4. The van der Waals surface area contributed by atoms with E-state index in [0.717, 1.165) is 0 Å². The Kier molecular flexibility index (Phi) is 3.99. The topological polar surface area (TPSA) is 97.1 Å². The number of carboxylic acids is 1. The maximum Gasteiger partial charge on any atom is 0.358 e. The van der Waals surface area contributed by atoms with Crippen molar-refractivity contribution in [1.82, 2.24) is 20.3 Å². The summed E-state index contributed by atoms with van der Waals surface area (Å²) < 4.78 is 1.23. The van der Waals surface area contributed by atoms with E-state index in [1.807, 2.05) is 0 Å². The molecule has 0 saturated carbocycles. The Bertz CT molecular complexity index is 668. The first kappa shape index (κ1) is 14.0. The van der Waals surface area contributed by atoms with Crippen LogP contribution in [0.1, 0.15) is 10.5 Å². The molecule has 0 aliphatic carbocycles. The lowest BCUT2D eigenvalue weighted by Crippen LogP contribution is -2.24. The van der Waals surface area contributed by atoms with Crippen LogP contribution in [0.4, 0.5) is 0 Å². The van der Waals surface area contributed by atoms with Crippen LogP contribution >= 0.6 is 11.6 Å². The van der Waals surface area contributed by atoms with Crippen molar-refractivity contribution in [2.24, 2.45) is 0 Å². The Labute approximate surface area is 119 Å². The molecule has 2 N–H and O–H groups in total. The van der Waals surface area contributed by atoms with Crippen LogP contribution in [-0.2, 0) is 11.3 Å². The van der Waals surface area contributed by atoms with Gasteiger partial charge in [0.2, 0.25) is 5.91 Å². The molecular formula is C12H11ClN4O3. The molecule has 0 atom stereocenters. The van der Waals surface area contributed by atoms with Crippen LogP contribution in [0.15, 0.2) is 24.3 Å². The maximum atomic E-state index is 11.4. The van der Waals surface area contributed by atoms with Gasteiger partial charge in [0.25, 0.3) is 0 Å². The van der Waals surface area contributed by atoms with Gasteiger partial charge in [0, 0.05) is 17.6 Å². The maximum absolute atomic E-state index is 11.4. The molecule has 0 aliphatic rings. The minimum absolute atomic E-state index is 0.126. The molecule has 0 radical (unpaired) electrons. The summed E-state index contributed by atoms with van der Waals surface area (Å²) >= 11 is 5.90. The number of hydrogen-bond acceptors (Lipinski definition) is 4. The molecular weight excluding hydrogens is 284 g/mol. The van der Waals surface area contributed by atoms with E-state index in [2.05, 4.69) is 15.6 Å². The molecule has 0 fully saturated rings. The molecule has 1 heterocycles. The minimum atomic E-state index is -1.22. The van der Waals surface area contributed by atoms with E-state index in [-0.39, 0.29) is 23.8 Å². The van der Waals surface area contributed by atoms with E-state index in [0.29, 0.717) is 10.6 Å². The van der Waals surface area contributed by atoms with Crippen molar-refractivity contribution in [2.45, 2.75) is 6.54 Å². The van der Waals surface area contributed by atoms with Crippen LogP contribution in [0.5, 0.6) is 0 Å². The Hall–Kier alpha value is -2.41. The molecule has 1 aromatic heterocycles. The van der Waals surface area contributed by atoms with Crippen LogP contribution in [0.3, 0.4) is 0 Å². The van der Waals surface area contributed by atoms with Gasteiger partial charge in [-0.3, -0.25) is 4.79 Å². The lowest BCUT2D eigenvalue weighted by Gasteiger charge is -2.06. The Balaban J connectivity index is 2.55. The van der Waals surface area contributed by atoms with Crippen LogP contribution in [0, 0.1) is 0 Å². The molecule has 0 aliphatic heterocycles. The Morgan fingerprint density at radius 2 is 2.20 bits per heavy atom. The highest BCUT2D eigenvalue weighted by Gasteiger charge is 2.21. The molecule has 8 heteroatoms. The standard InChI is InChI=1S/C12H11ClN4O3/c1-14-9(18)6-17-11(10(12(19)20)15-16-17)7-3-2-4-8(13)5-7/h2-5H,6H2,1H3,(H,14,18)(H,19,20). The molecule has 0 bridgehead atoms. The molecule has 104 valence electrons. The summed E-state index contributed by atoms with van der Waals surface area (Å²) in [5.74, 6) is -1.53. The van der Waals surface area contributed by atoms with E-state index < -0.39 is 5.97 Å². The van der Waals surface area contributed by atoms with Gasteiger partial charge in [0.05, 0.1) is 0 Å². The van der Waals surface area contributed by atoms with E-state index in [4.69, 9.17) is 16.7 Å². The quantitative estimate of drug-likeness (QED) is 0.878. The third kappa shape index (κ3) is 2.77. The average molecular weight is 295 g/mol. The highest BCUT2D eigenvalue weighted by atomic mass is 35.5. The van der Waals surface area contributed by atoms with Crippen molar-refractivity contribution >= 4 is 23.5 Å². The van der Waals surface area contributed by atoms with Crippen molar-refractivity contribution in [1.29, 1.82) is 0 Å². The molecule has 7 nitrogen and oxygen atoms in total. The van der Waals surface area contributed by atoms with E-state index in [9.17, 15) is 9.59 Å². The number of aromatic nitrogens is 3. The second-order valence-corrected chi connectivity index (χ2v) is 4.37. The summed E-state index contributed by atoms with van der Waals surface area (Å²) in [4.78, 5) is 22.6. The molecule has 0 unspecified atom stereocenters. The van der Waals surface area contributed by atoms with Crippen molar-refractivity contribution in [3.63, 3.8) is 0 Å². The number of hydrogen-bond donors (Lipinski definition) is 2. The monoisotopic (exact) mass is 294 g/mol. The third-order valence-corrected chi connectivity index (χ3v) is 2.84. The number of rotatable bonds is 4. The van der Waals surface area contributed by atoms with Gasteiger partial charge in [-0.25, -0.2) is 9.48 Å². The number of aromatic carboxylic acids is 1. The van der Waals surface area contributed by atoms with Gasteiger partial charge >= 0.3 is 5.97 Å². The second kappa shape index (κ2) is 5.70. The van der Waals surface area contributed by atoms with Gasteiger partial charge < -0.3 is 10.4 Å². The van der Waals surface area contributed by atoms with Gasteiger partial charge in [-0.2, -0.15) is 0 Å². The number of amides is 1. The van der Waals surface area contributed by atoms with Crippen LogP contribution < -0.4 is 5.32 Å². The first-order valence-electron chi connectivity index (χ1n) is 5.66. The van der Waals surface area contributed by atoms with Crippen LogP contribution in [0.25, 0.3) is 11.3 Å². The van der Waals surface area contributed by atoms with Gasteiger partial charge in [0.15, 0.2) is 5.69 Å². The fourth-order valence-electron chi connectivity index (χ4n) is 1.70. The summed E-state index contributed by atoms with van der Waals surface area (Å²) in [5.41, 5.74) is 0.545. The Morgan fingerprint density at radius 3 is 2.80 bits per heavy atom. The van der Waals surface area contributed by atoms with E-state index >= 15 is 0 Å². The molecule has 20 heavy (non-hydrogen) atoms. The van der Waals surface area contributed by atoms with Crippen molar-refractivity contribution in [2.75, 3.05) is 7.05 Å². The fraction of sp³-hybridized carbons (Fsp3) is 0.167. The predicted octanol–water partition coefficient (Wildman–Crippen LogP) is 1.04. The SMILES string of the molecule is CNC(=O)Cn1nnc(C(=O)O)c1-c1cccc(Cl)c1. The first-order valence-corrected chi connectivity index (χ1v) is 6.04. The molecule has 2 aromatic rings. The number of likely N-dealkylation sites (N-methyl/N-ethyl adjacent to an activating group) is 1. The number of carbonyl (C=O) groups excluding carboxylic acids is 1. The van der Waals surface area contributed by atoms with Crippen LogP contribution in [0.2, 0.25) is 5.02 Å². The predicted molar refractivity (Wildman–Crippen MR) is 71.5 cm³/mol. The molecule has 2 rings (SSSR count). The number of nitrogens with one attached hydrogen (secondary N) is 1. The summed E-state index contributed by atoms with van der Waals surface area (Å²) in [6.45, 7) is -0.126. The second-order valence-electron chi connectivity index (χ2n) is 3.93. The number of nitrogens with zero attached hydrogens (tertiary/aromatic N) is 3. The van der Waals surface area contributed by atoms with Crippen molar-refractivity contribution < 1.29 is 14.7 Å². The largest absolute Gasteiger partial charge is 0.476 e. The summed E-state index contributed by atoms with van der Waals surface area (Å²) in [7, 11) is 1.48. The van der Waals surface area contributed by atoms with E-state index in [1.165, 1.54) is 11.7 Å². The molecule has 1 amide bonds. The number of carboxylic acid groups (broad SMARTS) is 1. The third-order valence-electron chi connectivity index (χ3n) is 2.61. The van der Waals surface area contributed by atoms with Gasteiger partial charge in [-0.05, 0) is 12.1 Å². The number of halogens is 1. The highest BCUT2D eigenvalue weighted by Crippen LogP contribution is 2.25. The van der Waals surface area contributed by atoms with Crippen molar-refractivity contribution in [3.05, 3.63) is 35.0 Å². The van der Waals surface area contributed by atoms with E-state index in [1.54, 1.807) is 24.3 Å². The zero-order valence-corrected chi connectivity index (χ0v) is 11.3. The smallest absolute Gasteiger partial charge is 0.358 e. The van der Waals surface area contributed by atoms with Crippen molar-refractivity contribution in [3.8, 4) is 11.3 Å². The number of benzene rings is 1. The lowest BCUT2D eigenvalue weighted by atomic mass is 10.1.